The van der Waals surface area contributed by atoms with Crippen LogP contribution in [0.25, 0.3) is 0 Å². The van der Waals surface area contributed by atoms with Gasteiger partial charge >= 0.3 is 0 Å². The average molecular weight is 465 g/mol. The van der Waals surface area contributed by atoms with E-state index in [0.29, 0.717) is 17.9 Å². The molecule has 1 atom stereocenters. The Bertz CT molecular complexity index is 1100. The molecule has 1 aliphatic heterocycles. The molecule has 1 fully saturated rings. The molecule has 33 heavy (non-hydrogen) atoms. The Morgan fingerprint density at radius 3 is 2.73 bits per heavy atom. The lowest BCUT2D eigenvalue weighted by Crippen LogP contribution is -2.29. The lowest BCUT2D eigenvalue weighted by molar-refractivity contribution is 0.0943. The molecule has 7 heteroatoms. The van der Waals surface area contributed by atoms with Crippen molar-refractivity contribution in [2.24, 2.45) is 0 Å². The number of benzene rings is 2. The predicted molar refractivity (Wildman–Crippen MR) is 131 cm³/mol. The molecule has 1 amide bonds. The van der Waals surface area contributed by atoms with Crippen molar-refractivity contribution in [1.82, 2.24) is 15.3 Å². The zero-order valence-corrected chi connectivity index (χ0v) is 19.6. The number of nitrogens with zero attached hydrogens (tertiary/aromatic N) is 3. The Labute approximate surface area is 199 Å². The SMILES string of the molecule is Cc1ccccc1CCc1nc(N2CCCC2c2ccc(Cl)cc2)ncc1C(=O)NCCO. The maximum absolute atomic E-state index is 12.7. The zero-order chi connectivity index (χ0) is 23.2. The molecule has 1 unspecified atom stereocenters. The van der Waals surface area contributed by atoms with Crippen LogP contribution in [0.1, 0.15) is 51.6 Å². The summed E-state index contributed by atoms with van der Waals surface area (Å²) in [6, 6.07) is 16.4. The quantitative estimate of drug-likeness (QED) is 0.520. The summed E-state index contributed by atoms with van der Waals surface area (Å²) in [5, 5.41) is 12.5. The van der Waals surface area contributed by atoms with Crippen LogP contribution >= 0.6 is 11.6 Å². The number of aromatic nitrogens is 2. The van der Waals surface area contributed by atoms with E-state index < -0.39 is 0 Å². The summed E-state index contributed by atoms with van der Waals surface area (Å²) in [6.45, 7) is 3.04. The summed E-state index contributed by atoms with van der Waals surface area (Å²) in [6.07, 6.45) is 5.10. The van der Waals surface area contributed by atoms with Crippen molar-refractivity contribution >= 4 is 23.5 Å². The van der Waals surface area contributed by atoms with Crippen molar-refractivity contribution in [3.63, 3.8) is 0 Å². The van der Waals surface area contributed by atoms with Crippen LogP contribution in [0.5, 0.6) is 0 Å². The minimum atomic E-state index is -0.258. The van der Waals surface area contributed by atoms with E-state index in [-0.39, 0.29) is 25.1 Å². The molecule has 1 aliphatic rings. The number of hydrogen-bond donors (Lipinski definition) is 2. The van der Waals surface area contributed by atoms with Crippen LogP contribution in [0.2, 0.25) is 5.02 Å². The van der Waals surface area contributed by atoms with Gasteiger partial charge in [-0.05, 0) is 61.4 Å². The van der Waals surface area contributed by atoms with Gasteiger partial charge in [-0.25, -0.2) is 9.97 Å². The Morgan fingerprint density at radius 2 is 1.97 bits per heavy atom. The van der Waals surface area contributed by atoms with E-state index in [4.69, 9.17) is 21.7 Å². The molecule has 0 bridgehead atoms. The second-order valence-corrected chi connectivity index (χ2v) is 8.78. The highest BCUT2D eigenvalue weighted by atomic mass is 35.5. The molecule has 0 aliphatic carbocycles. The minimum Gasteiger partial charge on any atom is -0.395 e. The summed E-state index contributed by atoms with van der Waals surface area (Å²) in [7, 11) is 0. The predicted octanol–water partition coefficient (Wildman–Crippen LogP) is 4.29. The Morgan fingerprint density at radius 1 is 1.18 bits per heavy atom. The van der Waals surface area contributed by atoms with E-state index in [1.54, 1.807) is 6.20 Å². The molecule has 1 saturated heterocycles. The highest BCUT2D eigenvalue weighted by Gasteiger charge is 2.29. The van der Waals surface area contributed by atoms with Crippen LogP contribution in [0.4, 0.5) is 5.95 Å². The van der Waals surface area contributed by atoms with E-state index in [1.165, 1.54) is 16.7 Å². The second kappa shape index (κ2) is 10.8. The van der Waals surface area contributed by atoms with Crippen LogP contribution in [0, 0.1) is 6.92 Å². The second-order valence-electron chi connectivity index (χ2n) is 8.34. The van der Waals surface area contributed by atoms with Crippen molar-refractivity contribution in [1.29, 1.82) is 0 Å². The summed E-state index contributed by atoms with van der Waals surface area (Å²) >= 11 is 6.08. The number of aliphatic hydroxyl groups is 1. The van der Waals surface area contributed by atoms with E-state index in [2.05, 4.69) is 46.4 Å². The molecule has 3 aromatic rings. The summed E-state index contributed by atoms with van der Waals surface area (Å²) in [4.78, 5) is 24.4. The van der Waals surface area contributed by atoms with Gasteiger partial charge in [0.25, 0.3) is 5.91 Å². The fourth-order valence-electron chi connectivity index (χ4n) is 4.37. The number of carbonyl (C=O) groups excluding carboxylic acids is 1. The average Bonchev–Trinajstić information content (AvgIpc) is 3.32. The monoisotopic (exact) mass is 464 g/mol. The number of anilines is 1. The molecule has 172 valence electrons. The van der Waals surface area contributed by atoms with Crippen LogP contribution in [0.15, 0.2) is 54.7 Å². The molecule has 2 N–H and O–H groups in total. The topological polar surface area (TPSA) is 78.4 Å². The van der Waals surface area contributed by atoms with Crippen LogP contribution in [-0.4, -0.2) is 40.7 Å². The number of halogens is 1. The number of rotatable bonds is 8. The van der Waals surface area contributed by atoms with E-state index >= 15 is 0 Å². The number of aryl methyl sites for hydroxylation is 3. The van der Waals surface area contributed by atoms with E-state index in [0.717, 1.165) is 36.5 Å². The summed E-state index contributed by atoms with van der Waals surface area (Å²) in [5.74, 6) is 0.386. The van der Waals surface area contributed by atoms with Gasteiger partial charge in [0.2, 0.25) is 5.95 Å². The highest BCUT2D eigenvalue weighted by molar-refractivity contribution is 6.30. The third-order valence-electron chi connectivity index (χ3n) is 6.15. The Hall–Kier alpha value is -2.96. The summed E-state index contributed by atoms with van der Waals surface area (Å²) < 4.78 is 0. The molecule has 2 aromatic carbocycles. The van der Waals surface area contributed by atoms with Gasteiger partial charge < -0.3 is 15.3 Å². The third kappa shape index (κ3) is 5.52. The van der Waals surface area contributed by atoms with E-state index in [9.17, 15) is 4.79 Å². The molecule has 0 saturated carbocycles. The number of nitrogens with one attached hydrogen (secondary N) is 1. The molecule has 1 aromatic heterocycles. The lowest BCUT2D eigenvalue weighted by atomic mass is 10.0. The zero-order valence-electron chi connectivity index (χ0n) is 18.8. The largest absolute Gasteiger partial charge is 0.395 e. The first-order valence-corrected chi connectivity index (χ1v) is 11.8. The lowest BCUT2D eigenvalue weighted by Gasteiger charge is -2.26. The summed E-state index contributed by atoms with van der Waals surface area (Å²) in [5.41, 5.74) is 4.83. The van der Waals surface area contributed by atoms with Gasteiger partial charge in [-0.15, -0.1) is 0 Å². The first kappa shape index (κ1) is 23.2. The molecular formula is C26H29ClN4O2. The molecule has 0 spiro atoms. The van der Waals surface area contributed by atoms with Crippen LogP contribution in [0.3, 0.4) is 0 Å². The highest BCUT2D eigenvalue weighted by Crippen LogP contribution is 2.35. The number of amides is 1. The fraction of sp³-hybridized carbons (Fsp3) is 0.346. The van der Waals surface area contributed by atoms with Crippen molar-refractivity contribution in [2.45, 2.75) is 38.6 Å². The van der Waals surface area contributed by atoms with Gasteiger partial charge in [0.1, 0.15) is 0 Å². The first-order chi connectivity index (χ1) is 16.1. The number of carbonyl (C=O) groups is 1. The van der Waals surface area contributed by atoms with Gasteiger partial charge in [0.05, 0.1) is 23.9 Å². The Kier molecular flexibility index (Phi) is 7.57. The standard InChI is InChI=1S/C26H29ClN4O2/c1-18-5-2-3-6-19(18)10-13-23-22(25(33)28-14-16-32)17-29-26(30-23)31-15-4-7-24(31)20-8-11-21(27)12-9-20/h2-3,5-6,8-9,11-12,17,24,32H,4,7,10,13-16H2,1H3,(H,28,33). The molecule has 2 heterocycles. The van der Waals surface area contributed by atoms with Crippen molar-refractivity contribution < 1.29 is 9.90 Å². The van der Waals surface area contributed by atoms with Crippen LogP contribution < -0.4 is 10.2 Å². The fourth-order valence-corrected chi connectivity index (χ4v) is 4.50. The Balaban J connectivity index is 1.63. The smallest absolute Gasteiger partial charge is 0.254 e. The van der Waals surface area contributed by atoms with Crippen LogP contribution in [-0.2, 0) is 12.8 Å². The number of hydrogen-bond acceptors (Lipinski definition) is 5. The molecule has 4 rings (SSSR count). The normalized spacial score (nSPS) is 15.6. The van der Waals surface area contributed by atoms with Gasteiger partial charge in [-0.3, -0.25) is 4.79 Å². The molecule has 0 radical (unpaired) electrons. The van der Waals surface area contributed by atoms with Gasteiger partial charge in [-0.2, -0.15) is 0 Å². The van der Waals surface area contributed by atoms with Gasteiger partial charge in [0, 0.05) is 24.3 Å². The van der Waals surface area contributed by atoms with E-state index in [1.807, 2.05) is 24.3 Å². The molecule has 6 nitrogen and oxygen atoms in total. The number of aliphatic hydroxyl groups excluding tert-OH is 1. The molecular weight excluding hydrogens is 436 g/mol. The minimum absolute atomic E-state index is 0.111. The maximum Gasteiger partial charge on any atom is 0.254 e. The van der Waals surface area contributed by atoms with Crippen molar-refractivity contribution in [3.8, 4) is 0 Å². The van der Waals surface area contributed by atoms with Gasteiger partial charge in [-0.1, -0.05) is 48.0 Å². The van der Waals surface area contributed by atoms with Crippen molar-refractivity contribution in [2.75, 3.05) is 24.6 Å². The third-order valence-corrected chi connectivity index (χ3v) is 6.41. The maximum atomic E-state index is 12.7. The van der Waals surface area contributed by atoms with Crippen molar-refractivity contribution in [3.05, 3.63) is 87.7 Å². The van der Waals surface area contributed by atoms with Gasteiger partial charge in [0.15, 0.2) is 0 Å². The first-order valence-electron chi connectivity index (χ1n) is 11.4.